The van der Waals surface area contributed by atoms with Gasteiger partial charge in [0, 0.05) is 11.5 Å². The van der Waals surface area contributed by atoms with Crippen LogP contribution in [0, 0.1) is 17.7 Å². The first-order chi connectivity index (χ1) is 12.1. The number of benzene rings is 1. The molecule has 1 aromatic heterocycles. The van der Waals surface area contributed by atoms with Gasteiger partial charge in [-0.3, -0.25) is 4.79 Å². The van der Waals surface area contributed by atoms with Gasteiger partial charge in [0.2, 0.25) is 21.6 Å². The van der Waals surface area contributed by atoms with Crippen LogP contribution in [0.1, 0.15) is 45.2 Å². The molecule has 2 aromatic rings. The minimum absolute atomic E-state index is 0.00103. The van der Waals surface area contributed by atoms with Gasteiger partial charge >= 0.3 is 5.22 Å². The van der Waals surface area contributed by atoms with Crippen LogP contribution < -0.4 is 5.32 Å². The van der Waals surface area contributed by atoms with Crippen LogP contribution in [-0.2, 0) is 20.4 Å². The van der Waals surface area contributed by atoms with E-state index in [1.807, 2.05) is 13.8 Å². The molecular formula is C17H22FN3O4S. The van der Waals surface area contributed by atoms with Crippen molar-refractivity contribution in [1.29, 1.82) is 0 Å². The molecule has 0 radical (unpaired) electrons. The normalized spacial score (nSPS) is 13.2. The molecule has 0 fully saturated rings. The predicted octanol–water partition coefficient (Wildman–Crippen LogP) is 2.65. The van der Waals surface area contributed by atoms with Crippen molar-refractivity contribution in [1.82, 2.24) is 15.5 Å². The molecule has 1 heterocycles. The standard InChI is InChI=1S/C17H22FN3O4S/c1-10(2)14(19-15(22)11(3)4)16-20-21-17(25-16)26(23,24)9-12-7-5-6-8-13(12)18/h5-8,10-11,14H,9H2,1-4H3,(H,19,22)/t14-/m0/s1. The van der Waals surface area contributed by atoms with E-state index in [0.29, 0.717) is 0 Å². The summed E-state index contributed by atoms with van der Waals surface area (Å²) in [6.45, 7) is 7.15. The SMILES string of the molecule is CC(C)C(=O)N[C@H](c1nnc(S(=O)(=O)Cc2ccccc2F)o1)C(C)C. The molecule has 1 N–H and O–H groups in total. The van der Waals surface area contributed by atoms with E-state index in [-0.39, 0.29) is 29.2 Å². The zero-order valence-corrected chi connectivity index (χ0v) is 15.9. The monoisotopic (exact) mass is 383 g/mol. The molecule has 9 heteroatoms. The van der Waals surface area contributed by atoms with Gasteiger partial charge in [-0.1, -0.05) is 51.0 Å². The van der Waals surface area contributed by atoms with E-state index in [2.05, 4.69) is 15.5 Å². The Morgan fingerprint density at radius 3 is 2.42 bits per heavy atom. The second kappa shape index (κ2) is 7.94. The van der Waals surface area contributed by atoms with E-state index in [9.17, 15) is 17.6 Å². The van der Waals surface area contributed by atoms with Crippen molar-refractivity contribution in [2.45, 2.75) is 44.7 Å². The fraction of sp³-hybridized carbons (Fsp3) is 0.471. The van der Waals surface area contributed by atoms with Crippen LogP contribution in [0.3, 0.4) is 0 Å². The molecule has 0 saturated carbocycles. The molecule has 7 nitrogen and oxygen atoms in total. The molecule has 1 aromatic carbocycles. The van der Waals surface area contributed by atoms with Gasteiger partial charge in [0.15, 0.2) is 0 Å². The highest BCUT2D eigenvalue weighted by atomic mass is 32.2. The van der Waals surface area contributed by atoms with Crippen LogP contribution in [0.15, 0.2) is 33.9 Å². The first kappa shape index (κ1) is 20.0. The topological polar surface area (TPSA) is 102 Å². The number of carbonyl (C=O) groups excluding carboxylic acids is 1. The van der Waals surface area contributed by atoms with E-state index < -0.39 is 32.7 Å². The highest BCUT2D eigenvalue weighted by molar-refractivity contribution is 7.90. The maximum atomic E-state index is 13.7. The first-order valence-corrected chi connectivity index (χ1v) is 9.87. The Kier molecular flexibility index (Phi) is 6.12. The van der Waals surface area contributed by atoms with E-state index in [1.165, 1.54) is 18.2 Å². The summed E-state index contributed by atoms with van der Waals surface area (Å²) in [4.78, 5) is 12.0. The predicted molar refractivity (Wildman–Crippen MR) is 92.1 cm³/mol. The molecule has 0 aliphatic rings. The Bertz CT molecular complexity index is 878. The molecule has 0 saturated heterocycles. The summed E-state index contributed by atoms with van der Waals surface area (Å²) in [5, 5.41) is 9.54. The molecule has 1 amide bonds. The summed E-state index contributed by atoms with van der Waals surface area (Å²) in [5.74, 6) is -1.77. The Morgan fingerprint density at radius 2 is 1.85 bits per heavy atom. The van der Waals surface area contributed by atoms with Gasteiger partial charge in [0.05, 0.1) is 5.75 Å². The smallest absolute Gasteiger partial charge is 0.335 e. The highest BCUT2D eigenvalue weighted by Crippen LogP contribution is 2.24. The Labute approximate surface area is 151 Å². The molecular weight excluding hydrogens is 361 g/mol. The van der Waals surface area contributed by atoms with E-state index in [0.717, 1.165) is 0 Å². The number of rotatable bonds is 7. The first-order valence-electron chi connectivity index (χ1n) is 8.21. The number of halogens is 1. The average Bonchev–Trinajstić information content (AvgIpc) is 3.04. The maximum Gasteiger partial charge on any atom is 0.335 e. The summed E-state index contributed by atoms with van der Waals surface area (Å²) >= 11 is 0. The van der Waals surface area contributed by atoms with E-state index >= 15 is 0 Å². The van der Waals surface area contributed by atoms with Gasteiger partial charge in [-0.2, -0.15) is 0 Å². The second-order valence-corrected chi connectivity index (χ2v) is 8.51. The third-order valence-corrected chi connectivity index (χ3v) is 5.13. The summed E-state index contributed by atoms with van der Waals surface area (Å²) in [6, 6.07) is 4.96. The van der Waals surface area contributed by atoms with Gasteiger partial charge in [0.1, 0.15) is 11.9 Å². The van der Waals surface area contributed by atoms with Crippen molar-refractivity contribution >= 4 is 15.7 Å². The Hall–Kier alpha value is -2.29. The van der Waals surface area contributed by atoms with Gasteiger partial charge in [-0.15, -0.1) is 5.10 Å². The number of sulfone groups is 1. The number of hydrogen-bond donors (Lipinski definition) is 1. The largest absolute Gasteiger partial charge is 0.410 e. The third kappa shape index (κ3) is 4.66. The Morgan fingerprint density at radius 1 is 1.19 bits per heavy atom. The summed E-state index contributed by atoms with van der Waals surface area (Å²) in [6.07, 6.45) is 0. The lowest BCUT2D eigenvalue weighted by Crippen LogP contribution is -2.34. The lowest BCUT2D eigenvalue weighted by atomic mass is 10.0. The van der Waals surface area contributed by atoms with E-state index in [1.54, 1.807) is 19.9 Å². The molecule has 2 rings (SSSR count). The number of carbonyl (C=O) groups is 1. The van der Waals surface area contributed by atoms with Crippen LogP contribution in [0.4, 0.5) is 4.39 Å². The third-order valence-electron chi connectivity index (χ3n) is 3.75. The number of aromatic nitrogens is 2. The molecule has 142 valence electrons. The van der Waals surface area contributed by atoms with Crippen molar-refractivity contribution in [2.75, 3.05) is 0 Å². The van der Waals surface area contributed by atoms with Crippen LogP contribution >= 0.6 is 0 Å². The van der Waals surface area contributed by atoms with Crippen molar-refractivity contribution in [3.05, 3.63) is 41.5 Å². The molecule has 0 aliphatic carbocycles. The molecule has 0 spiro atoms. The number of amides is 1. The molecule has 26 heavy (non-hydrogen) atoms. The van der Waals surface area contributed by atoms with Crippen molar-refractivity contribution in [3.63, 3.8) is 0 Å². The zero-order valence-electron chi connectivity index (χ0n) is 15.1. The lowest BCUT2D eigenvalue weighted by Gasteiger charge is -2.19. The fourth-order valence-electron chi connectivity index (χ4n) is 2.19. The minimum atomic E-state index is -4.01. The summed E-state index contributed by atoms with van der Waals surface area (Å²) < 4.78 is 43.9. The minimum Gasteiger partial charge on any atom is -0.410 e. The molecule has 1 atom stereocenters. The van der Waals surface area contributed by atoms with Gasteiger partial charge in [-0.25, -0.2) is 12.8 Å². The summed E-state index contributed by atoms with van der Waals surface area (Å²) in [5.41, 5.74) is 0.0146. The highest BCUT2D eigenvalue weighted by Gasteiger charge is 2.29. The summed E-state index contributed by atoms with van der Waals surface area (Å²) in [7, 11) is -4.01. The van der Waals surface area contributed by atoms with Crippen LogP contribution in [0.5, 0.6) is 0 Å². The average molecular weight is 383 g/mol. The maximum absolute atomic E-state index is 13.7. The van der Waals surface area contributed by atoms with Crippen LogP contribution in [0.2, 0.25) is 0 Å². The fourth-order valence-corrected chi connectivity index (χ4v) is 3.33. The zero-order chi connectivity index (χ0) is 19.5. The van der Waals surface area contributed by atoms with Crippen LogP contribution in [-0.4, -0.2) is 24.5 Å². The van der Waals surface area contributed by atoms with E-state index in [4.69, 9.17) is 4.42 Å². The van der Waals surface area contributed by atoms with Crippen molar-refractivity contribution in [3.8, 4) is 0 Å². The Balaban J connectivity index is 2.26. The molecule has 0 unspecified atom stereocenters. The van der Waals surface area contributed by atoms with Gasteiger partial charge in [0.25, 0.3) is 0 Å². The van der Waals surface area contributed by atoms with Gasteiger partial charge < -0.3 is 9.73 Å². The van der Waals surface area contributed by atoms with Crippen molar-refractivity contribution < 1.29 is 22.0 Å². The quantitative estimate of drug-likeness (QED) is 0.789. The lowest BCUT2D eigenvalue weighted by molar-refractivity contribution is -0.125. The molecule has 0 bridgehead atoms. The number of nitrogens with zero attached hydrogens (tertiary/aromatic N) is 2. The number of hydrogen-bond acceptors (Lipinski definition) is 6. The second-order valence-electron chi connectivity index (χ2n) is 6.64. The molecule has 0 aliphatic heterocycles. The number of nitrogens with one attached hydrogen (secondary N) is 1. The van der Waals surface area contributed by atoms with Gasteiger partial charge in [-0.05, 0) is 12.0 Å². The van der Waals surface area contributed by atoms with Crippen molar-refractivity contribution in [2.24, 2.45) is 11.8 Å². The van der Waals surface area contributed by atoms with Crippen LogP contribution in [0.25, 0.3) is 0 Å².